The van der Waals surface area contributed by atoms with Crippen molar-refractivity contribution in [1.29, 1.82) is 0 Å². The van der Waals surface area contributed by atoms with Crippen molar-refractivity contribution in [2.75, 3.05) is 13.1 Å². The van der Waals surface area contributed by atoms with E-state index in [0.717, 1.165) is 32.4 Å². The number of fused-ring (bicyclic) bond motifs is 1. The molecule has 1 fully saturated rings. The minimum absolute atomic E-state index is 0.272. The fraction of sp³-hybridized carbons (Fsp3) is 0.688. The number of nitrogens with one attached hydrogen (secondary N) is 2. The molecule has 0 unspecified atom stereocenters. The number of aryl methyl sites for hydroxylation is 1. The van der Waals surface area contributed by atoms with Crippen molar-refractivity contribution in [2.45, 2.75) is 51.0 Å². The molecule has 0 aliphatic heterocycles. The van der Waals surface area contributed by atoms with Crippen molar-refractivity contribution in [2.24, 2.45) is 5.92 Å². The quantitative estimate of drug-likeness (QED) is 0.791. The van der Waals surface area contributed by atoms with Crippen LogP contribution in [0.5, 0.6) is 0 Å². The van der Waals surface area contributed by atoms with Crippen LogP contribution in [0.25, 0.3) is 0 Å². The highest BCUT2D eigenvalue weighted by molar-refractivity contribution is 7.10. The average Bonchev–Trinajstić information content (AvgIpc) is 2.85. The summed E-state index contributed by atoms with van der Waals surface area (Å²) in [5, 5.41) is 8.92. The van der Waals surface area contributed by atoms with Gasteiger partial charge in [-0.1, -0.05) is 6.42 Å². The summed E-state index contributed by atoms with van der Waals surface area (Å²) in [7, 11) is 0. The van der Waals surface area contributed by atoms with Crippen molar-refractivity contribution < 1.29 is 4.79 Å². The molecule has 1 heterocycles. The standard InChI is InChI=1S/C16H24N2OS/c19-16(12-4-1-5-12)18-10-3-9-17-14-6-2-7-15-13(14)8-11-20-15/h8,11-12,14,17H,1-7,9-10H2,(H,18,19)/t14-/m1/s1. The number of hydrogen-bond donors (Lipinski definition) is 2. The maximum Gasteiger partial charge on any atom is 0.223 e. The zero-order valence-corrected chi connectivity index (χ0v) is 12.8. The summed E-state index contributed by atoms with van der Waals surface area (Å²) in [6.07, 6.45) is 8.23. The normalized spacial score (nSPS) is 22.1. The third kappa shape index (κ3) is 3.23. The minimum atomic E-state index is 0.272. The van der Waals surface area contributed by atoms with Crippen LogP contribution in [0.15, 0.2) is 11.4 Å². The Morgan fingerprint density at radius 2 is 2.15 bits per heavy atom. The minimum Gasteiger partial charge on any atom is -0.356 e. The van der Waals surface area contributed by atoms with Gasteiger partial charge in [0.05, 0.1) is 0 Å². The summed E-state index contributed by atoms with van der Waals surface area (Å²) < 4.78 is 0. The SMILES string of the molecule is O=C(NCCCN[C@@H]1CCCc2sccc21)C1CCC1. The molecule has 3 rings (SSSR count). The number of thiophene rings is 1. The number of hydrogen-bond acceptors (Lipinski definition) is 3. The van der Waals surface area contributed by atoms with Gasteiger partial charge in [-0.25, -0.2) is 0 Å². The van der Waals surface area contributed by atoms with E-state index in [9.17, 15) is 4.79 Å². The summed E-state index contributed by atoms with van der Waals surface area (Å²) in [5.41, 5.74) is 1.51. The van der Waals surface area contributed by atoms with Gasteiger partial charge in [-0.3, -0.25) is 4.79 Å². The molecule has 2 N–H and O–H groups in total. The van der Waals surface area contributed by atoms with Crippen LogP contribution in [0.4, 0.5) is 0 Å². The van der Waals surface area contributed by atoms with Gasteiger partial charge in [0.2, 0.25) is 5.91 Å². The highest BCUT2D eigenvalue weighted by atomic mass is 32.1. The number of rotatable bonds is 6. The van der Waals surface area contributed by atoms with E-state index in [1.807, 2.05) is 11.3 Å². The smallest absolute Gasteiger partial charge is 0.223 e. The van der Waals surface area contributed by atoms with Crippen molar-refractivity contribution in [3.63, 3.8) is 0 Å². The Morgan fingerprint density at radius 1 is 1.25 bits per heavy atom. The van der Waals surface area contributed by atoms with Crippen molar-refractivity contribution in [3.8, 4) is 0 Å². The first-order valence-electron chi connectivity index (χ1n) is 7.92. The van der Waals surface area contributed by atoms with E-state index in [0.29, 0.717) is 12.0 Å². The molecule has 0 saturated heterocycles. The fourth-order valence-electron chi connectivity index (χ4n) is 3.09. The Bertz CT molecular complexity index is 453. The predicted molar refractivity (Wildman–Crippen MR) is 83.0 cm³/mol. The summed E-state index contributed by atoms with van der Waals surface area (Å²) in [4.78, 5) is 13.3. The molecule has 2 aliphatic carbocycles. The van der Waals surface area contributed by atoms with E-state index < -0.39 is 0 Å². The van der Waals surface area contributed by atoms with E-state index in [-0.39, 0.29) is 5.91 Å². The van der Waals surface area contributed by atoms with Crippen LogP contribution < -0.4 is 10.6 Å². The summed E-state index contributed by atoms with van der Waals surface area (Å²) in [6.45, 7) is 1.80. The molecular formula is C16H24N2OS. The molecule has 4 heteroatoms. The molecule has 1 atom stereocenters. The lowest BCUT2D eigenvalue weighted by Gasteiger charge is -2.25. The van der Waals surface area contributed by atoms with E-state index >= 15 is 0 Å². The number of carbonyl (C=O) groups is 1. The molecule has 1 saturated carbocycles. The molecule has 1 amide bonds. The van der Waals surface area contributed by atoms with Gasteiger partial charge in [-0.05, 0) is 62.1 Å². The first-order valence-corrected chi connectivity index (χ1v) is 8.80. The number of carbonyl (C=O) groups excluding carboxylic acids is 1. The Labute approximate surface area is 125 Å². The van der Waals surface area contributed by atoms with Gasteiger partial charge >= 0.3 is 0 Å². The molecule has 3 nitrogen and oxygen atoms in total. The van der Waals surface area contributed by atoms with Crippen LogP contribution in [0, 0.1) is 5.92 Å². The highest BCUT2D eigenvalue weighted by Crippen LogP contribution is 2.33. The Morgan fingerprint density at radius 3 is 2.95 bits per heavy atom. The second kappa shape index (κ2) is 6.72. The van der Waals surface area contributed by atoms with E-state index in [1.54, 1.807) is 4.88 Å². The predicted octanol–water partition coefficient (Wildman–Crippen LogP) is 3.02. The van der Waals surface area contributed by atoms with Crippen LogP contribution in [0.3, 0.4) is 0 Å². The lowest BCUT2D eigenvalue weighted by atomic mass is 9.85. The summed E-state index contributed by atoms with van der Waals surface area (Å²) >= 11 is 1.89. The van der Waals surface area contributed by atoms with Crippen LogP contribution in [-0.4, -0.2) is 19.0 Å². The molecule has 0 spiro atoms. The third-order valence-electron chi connectivity index (χ3n) is 4.57. The lowest BCUT2D eigenvalue weighted by molar-refractivity contribution is -0.127. The van der Waals surface area contributed by atoms with Gasteiger partial charge in [-0.15, -0.1) is 11.3 Å². The topological polar surface area (TPSA) is 41.1 Å². The molecule has 110 valence electrons. The molecule has 0 radical (unpaired) electrons. The van der Waals surface area contributed by atoms with Gasteiger partial charge in [0, 0.05) is 23.4 Å². The van der Waals surface area contributed by atoms with Crippen LogP contribution >= 0.6 is 11.3 Å². The van der Waals surface area contributed by atoms with Crippen LogP contribution in [0.2, 0.25) is 0 Å². The summed E-state index contributed by atoms with van der Waals surface area (Å²) in [5.74, 6) is 0.587. The lowest BCUT2D eigenvalue weighted by Crippen LogP contribution is -2.36. The Balaban J connectivity index is 1.33. The van der Waals surface area contributed by atoms with Gasteiger partial charge in [0.15, 0.2) is 0 Å². The maximum absolute atomic E-state index is 11.7. The largest absolute Gasteiger partial charge is 0.356 e. The van der Waals surface area contributed by atoms with Gasteiger partial charge in [0.25, 0.3) is 0 Å². The van der Waals surface area contributed by atoms with Crippen LogP contribution in [-0.2, 0) is 11.2 Å². The zero-order valence-electron chi connectivity index (χ0n) is 12.0. The van der Waals surface area contributed by atoms with Gasteiger partial charge in [0.1, 0.15) is 0 Å². The highest BCUT2D eigenvalue weighted by Gasteiger charge is 2.24. The van der Waals surface area contributed by atoms with Crippen molar-refractivity contribution in [3.05, 3.63) is 21.9 Å². The summed E-state index contributed by atoms with van der Waals surface area (Å²) in [6, 6.07) is 2.81. The molecule has 20 heavy (non-hydrogen) atoms. The molecule has 0 bridgehead atoms. The third-order valence-corrected chi connectivity index (χ3v) is 5.57. The van der Waals surface area contributed by atoms with E-state index in [1.165, 1.54) is 31.2 Å². The molecule has 1 aromatic heterocycles. The van der Waals surface area contributed by atoms with Gasteiger partial charge in [-0.2, -0.15) is 0 Å². The van der Waals surface area contributed by atoms with E-state index in [4.69, 9.17) is 0 Å². The molecular weight excluding hydrogens is 268 g/mol. The monoisotopic (exact) mass is 292 g/mol. The maximum atomic E-state index is 11.7. The first kappa shape index (κ1) is 14.1. The van der Waals surface area contributed by atoms with Crippen molar-refractivity contribution in [1.82, 2.24) is 10.6 Å². The molecule has 2 aliphatic rings. The number of amides is 1. The van der Waals surface area contributed by atoms with Crippen molar-refractivity contribution >= 4 is 17.2 Å². The Kier molecular flexibility index (Phi) is 4.73. The second-order valence-corrected chi connectivity index (χ2v) is 6.97. The molecule has 1 aromatic rings. The van der Waals surface area contributed by atoms with Crippen LogP contribution in [0.1, 0.15) is 55.0 Å². The second-order valence-electron chi connectivity index (χ2n) is 5.97. The fourth-order valence-corrected chi connectivity index (χ4v) is 4.08. The molecule has 0 aromatic carbocycles. The first-order chi connectivity index (χ1) is 9.84. The zero-order chi connectivity index (χ0) is 13.8. The van der Waals surface area contributed by atoms with Gasteiger partial charge < -0.3 is 10.6 Å². The van der Waals surface area contributed by atoms with E-state index in [2.05, 4.69) is 22.1 Å². The Hall–Kier alpha value is -0.870. The average molecular weight is 292 g/mol.